The second kappa shape index (κ2) is 8.99. The Balaban J connectivity index is 1.41. The number of carbonyl (C=O) groups is 2. The summed E-state index contributed by atoms with van der Waals surface area (Å²) >= 11 is 0. The zero-order chi connectivity index (χ0) is 20.9. The van der Waals surface area contributed by atoms with Crippen molar-refractivity contribution in [1.82, 2.24) is 5.32 Å². The molecule has 3 rings (SSSR count). The quantitative estimate of drug-likeness (QED) is 0.758. The van der Waals surface area contributed by atoms with Crippen LogP contribution in [0.5, 0.6) is 11.5 Å². The second-order valence-corrected chi connectivity index (χ2v) is 7.98. The predicted molar refractivity (Wildman–Crippen MR) is 110 cm³/mol. The van der Waals surface area contributed by atoms with Crippen molar-refractivity contribution >= 4 is 11.9 Å². The number of hydrogen-bond acceptors (Lipinski definition) is 5. The van der Waals surface area contributed by atoms with E-state index in [9.17, 15) is 9.59 Å². The Morgan fingerprint density at radius 3 is 2.38 bits per heavy atom. The molecule has 2 aromatic rings. The van der Waals surface area contributed by atoms with Crippen molar-refractivity contribution in [3.05, 3.63) is 59.2 Å². The van der Waals surface area contributed by atoms with Gasteiger partial charge < -0.3 is 19.5 Å². The minimum absolute atomic E-state index is 0.0134. The molecule has 0 saturated heterocycles. The van der Waals surface area contributed by atoms with Gasteiger partial charge in [-0.3, -0.25) is 4.79 Å². The highest BCUT2D eigenvalue weighted by Gasteiger charge is 2.16. The fourth-order valence-electron chi connectivity index (χ4n) is 2.96. The highest BCUT2D eigenvalue weighted by Crippen LogP contribution is 2.30. The number of fused-ring (bicyclic) bond motifs is 1. The van der Waals surface area contributed by atoms with E-state index in [1.807, 2.05) is 30.3 Å². The van der Waals surface area contributed by atoms with Gasteiger partial charge in [-0.05, 0) is 47.2 Å². The van der Waals surface area contributed by atoms with E-state index < -0.39 is 5.97 Å². The van der Waals surface area contributed by atoms with Gasteiger partial charge in [-0.15, -0.1) is 0 Å². The van der Waals surface area contributed by atoms with Crippen LogP contribution in [0.1, 0.15) is 42.3 Å². The van der Waals surface area contributed by atoms with Crippen LogP contribution >= 0.6 is 0 Å². The average Bonchev–Trinajstić information content (AvgIpc) is 2.71. The summed E-state index contributed by atoms with van der Waals surface area (Å²) in [4.78, 5) is 24.1. The molecule has 2 aromatic carbocycles. The van der Waals surface area contributed by atoms with Crippen LogP contribution in [-0.4, -0.2) is 38.2 Å². The normalized spacial score (nSPS) is 12.9. The van der Waals surface area contributed by atoms with Gasteiger partial charge in [0.1, 0.15) is 13.2 Å². The first-order valence-corrected chi connectivity index (χ1v) is 9.76. The average molecular weight is 397 g/mol. The topological polar surface area (TPSA) is 73.9 Å². The molecule has 0 radical (unpaired) electrons. The van der Waals surface area contributed by atoms with Gasteiger partial charge in [-0.25, -0.2) is 4.79 Å². The lowest BCUT2D eigenvalue weighted by Gasteiger charge is -2.19. The number of nitrogens with one attached hydrogen (secondary N) is 1. The molecule has 1 aliphatic heterocycles. The van der Waals surface area contributed by atoms with Gasteiger partial charge in [-0.1, -0.05) is 39.0 Å². The molecule has 0 spiro atoms. The lowest BCUT2D eigenvalue weighted by atomic mass is 9.87. The van der Waals surface area contributed by atoms with E-state index in [2.05, 4.69) is 26.1 Å². The molecule has 154 valence electrons. The minimum atomic E-state index is -0.507. The zero-order valence-corrected chi connectivity index (χ0v) is 17.1. The highest BCUT2D eigenvalue weighted by molar-refractivity contribution is 5.91. The Bertz CT molecular complexity index is 868. The molecule has 0 unspecified atom stereocenters. The maximum absolute atomic E-state index is 12.1. The molecule has 0 aliphatic carbocycles. The maximum Gasteiger partial charge on any atom is 0.338 e. The largest absolute Gasteiger partial charge is 0.486 e. The molecule has 6 nitrogen and oxygen atoms in total. The standard InChI is InChI=1S/C23H27NO5/c1-23(2,3)18-7-5-17(6-8-18)22(26)29-15-21(25)24-11-10-16-4-9-19-20(14-16)28-13-12-27-19/h4-9,14H,10-13,15H2,1-3H3,(H,24,25). The molecule has 1 aliphatic rings. The third kappa shape index (κ3) is 5.73. The van der Waals surface area contributed by atoms with Crippen LogP contribution in [0.2, 0.25) is 0 Å². The lowest BCUT2D eigenvalue weighted by molar-refractivity contribution is -0.124. The molecule has 0 atom stereocenters. The van der Waals surface area contributed by atoms with Gasteiger partial charge in [0.25, 0.3) is 5.91 Å². The summed E-state index contributed by atoms with van der Waals surface area (Å²) in [5.74, 6) is 0.632. The molecule has 0 aromatic heterocycles. The zero-order valence-electron chi connectivity index (χ0n) is 17.1. The predicted octanol–water partition coefficient (Wildman–Crippen LogP) is 3.27. The smallest absolute Gasteiger partial charge is 0.338 e. The number of benzene rings is 2. The summed E-state index contributed by atoms with van der Waals surface area (Å²) in [6, 6.07) is 13.0. The molecular weight excluding hydrogens is 370 g/mol. The van der Waals surface area contributed by atoms with Crippen molar-refractivity contribution in [2.24, 2.45) is 0 Å². The van der Waals surface area contributed by atoms with Crippen molar-refractivity contribution in [3.8, 4) is 11.5 Å². The number of amides is 1. The molecule has 1 heterocycles. The first-order chi connectivity index (χ1) is 13.8. The van der Waals surface area contributed by atoms with Crippen molar-refractivity contribution in [3.63, 3.8) is 0 Å². The third-order valence-electron chi connectivity index (χ3n) is 4.66. The van der Waals surface area contributed by atoms with Crippen molar-refractivity contribution in [1.29, 1.82) is 0 Å². The van der Waals surface area contributed by atoms with E-state index in [0.717, 1.165) is 22.6 Å². The first-order valence-electron chi connectivity index (χ1n) is 9.76. The van der Waals surface area contributed by atoms with Crippen LogP contribution in [-0.2, 0) is 21.4 Å². The van der Waals surface area contributed by atoms with E-state index in [1.54, 1.807) is 12.1 Å². The van der Waals surface area contributed by atoms with Gasteiger partial charge in [0.2, 0.25) is 0 Å². The molecule has 1 amide bonds. The van der Waals surface area contributed by atoms with E-state index in [4.69, 9.17) is 14.2 Å². The highest BCUT2D eigenvalue weighted by atomic mass is 16.6. The van der Waals surface area contributed by atoms with Crippen LogP contribution in [0.25, 0.3) is 0 Å². The van der Waals surface area contributed by atoms with Gasteiger partial charge in [-0.2, -0.15) is 0 Å². The number of rotatable bonds is 6. The molecule has 0 saturated carbocycles. The summed E-state index contributed by atoms with van der Waals surface area (Å²) in [6.07, 6.45) is 0.643. The summed E-state index contributed by atoms with van der Waals surface area (Å²) in [5, 5.41) is 2.76. The van der Waals surface area contributed by atoms with Crippen molar-refractivity contribution in [2.75, 3.05) is 26.4 Å². The van der Waals surface area contributed by atoms with Gasteiger partial charge >= 0.3 is 5.97 Å². The van der Waals surface area contributed by atoms with Crippen LogP contribution in [0.15, 0.2) is 42.5 Å². The first kappa shape index (κ1) is 20.7. The monoisotopic (exact) mass is 397 g/mol. The molecule has 29 heavy (non-hydrogen) atoms. The van der Waals surface area contributed by atoms with E-state index in [-0.39, 0.29) is 17.9 Å². The summed E-state index contributed by atoms with van der Waals surface area (Å²) < 4.78 is 16.2. The Morgan fingerprint density at radius 2 is 1.69 bits per heavy atom. The van der Waals surface area contributed by atoms with E-state index in [0.29, 0.717) is 31.7 Å². The van der Waals surface area contributed by atoms with E-state index in [1.165, 1.54) is 0 Å². The van der Waals surface area contributed by atoms with Gasteiger partial charge in [0.15, 0.2) is 18.1 Å². The fraction of sp³-hybridized carbons (Fsp3) is 0.391. The van der Waals surface area contributed by atoms with Crippen molar-refractivity contribution < 1.29 is 23.8 Å². The minimum Gasteiger partial charge on any atom is -0.486 e. The number of esters is 1. The summed E-state index contributed by atoms with van der Waals surface area (Å²) in [7, 11) is 0. The molecule has 6 heteroatoms. The van der Waals surface area contributed by atoms with Crippen LogP contribution in [0.3, 0.4) is 0 Å². The third-order valence-corrected chi connectivity index (χ3v) is 4.66. The fourth-order valence-corrected chi connectivity index (χ4v) is 2.96. The molecule has 1 N–H and O–H groups in total. The van der Waals surface area contributed by atoms with Gasteiger partial charge in [0, 0.05) is 6.54 Å². The number of hydrogen-bond donors (Lipinski definition) is 1. The lowest BCUT2D eigenvalue weighted by Crippen LogP contribution is -2.30. The summed E-state index contributed by atoms with van der Waals surface area (Å²) in [5.41, 5.74) is 2.61. The molecule has 0 fully saturated rings. The van der Waals surface area contributed by atoms with Gasteiger partial charge in [0.05, 0.1) is 5.56 Å². The van der Waals surface area contributed by atoms with E-state index >= 15 is 0 Å². The Morgan fingerprint density at radius 1 is 1.00 bits per heavy atom. The maximum atomic E-state index is 12.1. The van der Waals surface area contributed by atoms with Crippen molar-refractivity contribution in [2.45, 2.75) is 32.6 Å². The molecule has 0 bridgehead atoms. The summed E-state index contributed by atoms with van der Waals surface area (Å²) in [6.45, 7) is 7.55. The van der Waals surface area contributed by atoms with Crippen LogP contribution < -0.4 is 14.8 Å². The number of carbonyl (C=O) groups excluding carboxylic acids is 2. The Kier molecular flexibility index (Phi) is 6.42. The van der Waals surface area contributed by atoms with Crippen LogP contribution in [0.4, 0.5) is 0 Å². The number of ether oxygens (including phenoxy) is 3. The van der Waals surface area contributed by atoms with Crippen LogP contribution in [0, 0.1) is 0 Å². The Hall–Kier alpha value is -3.02. The Labute approximate surface area is 171 Å². The molecular formula is C23H27NO5. The SMILES string of the molecule is CC(C)(C)c1ccc(C(=O)OCC(=O)NCCc2ccc3c(c2)OCCO3)cc1. The second-order valence-electron chi connectivity index (χ2n) is 7.98.